The number of pyridine rings is 1. The van der Waals surface area contributed by atoms with Crippen LogP contribution in [0.3, 0.4) is 0 Å². The molecule has 0 saturated carbocycles. The van der Waals surface area contributed by atoms with Crippen LogP contribution in [0.15, 0.2) is 33.0 Å². The molecule has 0 aliphatic rings. The van der Waals surface area contributed by atoms with Crippen LogP contribution >= 0.6 is 11.8 Å². The first-order valence-electron chi connectivity index (χ1n) is 4.77. The third-order valence-electron chi connectivity index (χ3n) is 1.94. The Kier molecular flexibility index (Phi) is 3.21. The lowest BCUT2D eigenvalue weighted by molar-refractivity contribution is 0.199. The summed E-state index contributed by atoms with van der Waals surface area (Å²) in [6.45, 7) is 3.44. The topological polar surface area (TPSA) is 72.0 Å². The molecule has 84 valence electrons. The number of aromatic nitrogens is 3. The van der Waals surface area contributed by atoms with E-state index in [1.807, 2.05) is 0 Å². The fraction of sp³-hybridized carbons (Fsp3) is 0.300. The summed E-state index contributed by atoms with van der Waals surface area (Å²) in [6, 6.07) is 3.57. The number of aryl methyl sites for hydroxylation is 1. The van der Waals surface area contributed by atoms with Gasteiger partial charge in [-0.05, 0) is 36.4 Å². The highest BCUT2D eigenvalue weighted by Gasteiger charge is 2.08. The van der Waals surface area contributed by atoms with E-state index in [1.165, 1.54) is 11.8 Å². The number of hydrogen-bond acceptors (Lipinski definition) is 6. The molecule has 5 nitrogen and oxygen atoms in total. The minimum atomic E-state index is -0.508. The van der Waals surface area contributed by atoms with Crippen LogP contribution in [0.2, 0.25) is 0 Å². The van der Waals surface area contributed by atoms with Gasteiger partial charge in [0.05, 0.1) is 6.10 Å². The molecule has 0 unspecified atom stereocenters. The molecular weight excluding hydrogens is 226 g/mol. The van der Waals surface area contributed by atoms with Crippen molar-refractivity contribution < 1.29 is 9.52 Å². The highest BCUT2D eigenvalue weighted by atomic mass is 32.2. The Hall–Kier alpha value is -1.40. The van der Waals surface area contributed by atoms with Crippen molar-refractivity contribution in [2.75, 3.05) is 0 Å². The smallest absolute Gasteiger partial charge is 0.282 e. The van der Waals surface area contributed by atoms with Crippen LogP contribution in [0.4, 0.5) is 0 Å². The van der Waals surface area contributed by atoms with Gasteiger partial charge in [0, 0.05) is 13.1 Å². The molecule has 0 radical (unpaired) electrons. The zero-order chi connectivity index (χ0) is 11.5. The molecule has 2 rings (SSSR count). The summed E-state index contributed by atoms with van der Waals surface area (Å²) < 4.78 is 5.23. The minimum Gasteiger partial charge on any atom is -0.416 e. The summed E-state index contributed by atoms with van der Waals surface area (Å²) in [4.78, 5) is 4.15. The summed E-state index contributed by atoms with van der Waals surface area (Å²) in [6.07, 6.45) is 1.14. The Bertz CT molecular complexity index is 484. The maximum atomic E-state index is 9.43. The molecule has 2 aromatic rings. The molecule has 2 aromatic heterocycles. The van der Waals surface area contributed by atoms with E-state index in [-0.39, 0.29) is 0 Å². The molecule has 0 bridgehead atoms. The highest BCUT2D eigenvalue weighted by Crippen LogP contribution is 2.26. The molecular formula is C10H11N3O2S. The summed E-state index contributed by atoms with van der Waals surface area (Å²) in [5, 5.41) is 18.2. The van der Waals surface area contributed by atoms with Gasteiger partial charge in [0.25, 0.3) is 5.22 Å². The molecule has 2 heterocycles. The molecule has 6 heteroatoms. The van der Waals surface area contributed by atoms with Gasteiger partial charge in [0.15, 0.2) is 0 Å². The van der Waals surface area contributed by atoms with Crippen molar-refractivity contribution in [1.29, 1.82) is 0 Å². The van der Waals surface area contributed by atoms with E-state index in [4.69, 9.17) is 4.42 Å². The van der Waals surface area contributed by atoms with Crippen LogP contribution in [0.25, 0.3) is 0 Å². The van der Waals surface area contributed by atoms with Gasteiger partial charge in [0.1, 0.15) is 5.03 Å². The van der Waals surface area contributed by atoms with Gasteiger partial charge in [0.2, 0.25) is 5.89 Å². The first-order chi connectivity index (χ1) is 7.65. The quantitative estimate of drug-likeness (QED) is 0.880. The predicted molar refractivity (Wildman–Crippen MR) is 58.0 cm³/mol. The normalized spacial score (nSPS) is 12.7. The van der Waals surface area contributed by atoms with Crippen LogP contribution in [0, 0.1) is 6.92 Å². The maximum Gasteiger partial charge on any atom is 0.282 e. The number of hydrogen-bond donors (Lipinski definition) is 1. The van der Waals surface area contributed by atoms with Crippen LogP contribution in [0.5, 0.6) is 0 Å². The number of nitrogens with zero attached hydrogens (tertiary/aromatic N) is 3. The van der Waals surface area contributed by atoms with Crippen molar-refractivity contribution in [2.24, 2.45) is 0 Å². The number of rotatable bonds is 3. The monoisotopic (exact) mass is 237 g/mol. The zero-order valence-electron chi connectivity index (χ0n) is 8.91. The van der Waals surface area contributed by atoms with E-state index >= 15 is 0 Å². The summed E-state index contributed by atoms with van der Waals surface area (Å²) in [5.74, 6) is 0.522. The van der Waals surface area contributed by atoms with Gasteiger partial charge in [-0.2, -0.15) is 0 Å². The van der Waals surface area contributed by atoms with E-state index in [2.05, 4.69) is 15.2 Å². The maximum absolute atomic E-state index is 9.43. The predicted octanol–water partition coefficient (Wildman–Crippen LogP) is 1.98. The molecule has 0 aliphatic heterocycles. The standard InChI is InChI=1S/C10H11N3O2S/c1-6(14)8-3-4-11-9(5-8)16-10-13-12-7(2)15-10/h3-6,14H,1-2H3/t6-/m0/s1. The van der Waals surface area contributed by atoms with Crippen molar-refractivity contribution in [2.45, 2.75) is 30.2 Å². The van der Waals surface area contributed by atoms with E-state index in [1.54, 1.807) is 32.2 Å². The Morgan fingerprint density at radius 2 is 2.25 bits per heavy atom. The van der Waals surface area contributed by atoms with Gasteiger partial charge in [-0.3, -0.25) is 0 Å². The number of aliphatic hydroxyl groups excluding tert-OH is 1. The van der Waals surface area contributed by atoms with Gasteiger partial charge in [-0.1, -0.05) is 0 Å². The average molecular weight is 237 g/mol. The third kappa shape index (κ3) is 2.59. The van der Waals surface area contributed by atoms with E-state index in [0.717, 1.165) is 10.6 Å². The first kappa shape index (κ1) is 11.1. The van der Waals surface area contributed by atoms with E-state index in [0.29, 0.717) is 11.1 Å². The molecule has 0 aliphatic carbocycles. The Morgan fingerprint density at radius 3 is 2.88 bits per heavy atom. The van der Waals surface area contributed by atoms with Crippen LogP contribution in [0.1, 0.15) is 24.5 Å². The third-order valence-corrected chi connectivity index (χ3v) is 2.71. The molecule has 0 spiro atoms. The second-order valence-corrected chi connectivity index (χ2v) is 4.26. The first-order valence-corrected chi connectivity index (χ1v) is 5.59. The lowest BCUT2D eigenvalue weighted by Crippen LogP contribution is -1.92. The Morgan fingerprint density at radius 1 is 1.44 bits per heavy atom. The Labute approximate surface area is 96.9 Å². The van der Waals surface area contributed by atoms with Gasteiger partial charge in [-0.15, -0.1) is 10.2 Å². The highest BCUT2D eigenvalue weighted by molar-refractivity contribution is 7.99. The Balaban J connectivity index is 2.18. The lowest BCUT2D eigenvalue weighted by atomic mass is 10.2. The van der Waals surface area contributed by atoms with Crippen molar-refractivity contribution >= 4 is 11.8 Å². The number of aliphatic hydroxyl groups is 1. The fourth-order valence-electron chi connectivity index (χ4n) is 1.15. The van der Waals surface area contributed by atoms with Crippen LogP contribution < -0.4 is 0 Å². The molecule has 16 heavy (non-hydrogen) atoms. The minimum absolute atomic E-state index is 0.452. The average Bonchev–Trinajstić information content (AvgIpc) is 2.64. The molecule has 0 fully saturated rings. The molecule has 0 amide bonds. The molecule has 1 N–H and O–H groups in total. The van der Waals surface area contributed by atoms with Crippen molar-refractivity contribution in [3.8, 4) is 0 Å². The van der Waals surface area contributed by atoms with Gasteiger partial charge < -0.3 is 9.52 Å². The summed E-state index contributed by atoms with van der Waals surface area (Å²) >= 11 is 1.28. The zero-order valence-corrected chi connectivity index (χ0v) is 9.73. The lowest BCUT2D eigenvalue weighted by Gasteiger charge is -2.04. The summed E-state index contributed by atoms with van der Waals surface area (Å²) in [7, 11) is 0. The molecule has 0 saturated heterocycles. The fourth-order valence-corrected chi connectivity index (χ4v) is 1.88. The second-order valence-electron chi connectivity index (χ2n) is 3.29. The van der Waals surface area contributed by atoms with Crippen LogP contribution in [-0.4, -0.2) is 20.3 Å². The van der Waals surface area contributed by atoms with Gasteiger partial charge >= 0.3 is 0 Å². The van der Waals surface area contributed by atoms with E-state index < -0.39 is 6.10 Å². The second kappa shape index (κ2) is 4.63. The van der Waals surface area contributed by atoms with Crippen LogP contribution in [-0.2, 0) is 0 Å². The van der Waals surface area contributed by atoms with Crippen molar-refractivity contribution in [3.05, 3.63) is 29.8 Å². The largest absolute Gasteiger partial charge is 0.416 e. The van der Waals surface area contributed by atoms with E-state index in [9.17, 15) is 5.11 Å². The summed E-state index contributed by atoms with van der Waals surface area (Å²) in [5.41, 5.74) is 0.814. The molecule has 0 aromatic carbocycles. The molecule has 1 atom stereocenters. The van der Waals surface area contributed by atoms with Crippen molar-refractivity contribution in [3.63, 3.8) is 0 Å². The van der Waals surface area contributed by atoms with Crippen molar-refractivity contribution in [1.82, 2.24) is 15.2 Å². The van der Waals surface area contributed by atoms with Gasteiger partial charge in [-0.25, -0.2) is 4.98 Å². The SMILES string of the molecule is Cc1nnc(Sc2cc([C@H](C)O)ccn2)o1.